The van der Waals surface area contributed by atoms with E-state index < -0.39 is 12.1 Å². The lowest BCUT2D eigenvalue weighted by atomic mass is 10.0. The van der Waals surface area contributed by atoms with E-state index in [0.29, 0.717) is 25.9 Å². The zero-order valence-corrected chi connectivity index (χ0v) is 49.4. The Bertz CT molecular complexity index is 1140. The number of ether oxygens (including phenoxy) is 1. The molecule has 0 saturated carbocycles. The second-order valence-corrected chi connectivity index (χ2v) is 22.8. The third-order valence-electron chi connectivity index (χ3n) is 15.5. The van der Waals surface area contributed by atoms with Crippen molar-refractivity contribution in [2.45, 2.75) is 379 Å². The molecule has 6 nitrogen and oxygen atoms in total. The Morgan fingerprint density at radius 3 is 1.00 bits per heavy atom. The Morgan fingerprint density at radius 1 is 0.370 bits per heavy atom. The van der Waals surface area contributed by atoms with Crippen molar-refractivity contribution in [3.05, 3.63) is 24.3 Å². The topological polar surface area (TPSA) is 95.9 Å². The number of amides is 1. The zero-order chi connectivity index (χ0) is 52.9. The third-order valence-corrected chi connectivity index (χ3v) is 15.5. The summed E-state index contributed by atoms with van der Waals surface area (Å²) < 4.78 is 5.47. The van der Waals surface area contributed by atoms with Crippen molar-refractivity contribution < 1.29 is 24.5 Å². The van der Waals surface area contributed by atoms with Crippen LogP contribution in [0.3, 0.4) is 0 Å². The van der Waals surface area contributed by atoms with Gasteiger partial charge in [0.1, 0.15) is 0 Å². The van der Waals surface area contributed by atoms with Crippen LogP contribution in [0.4, 0.5) is 0 Å². The molecule has 0 heterocycles. The second-order valence-electron chi connectivity index (χ2n) is 22.8. The van der Waals surface area contributed by atoms with Crippen molar-refractivity contribution in [1.82, 2.24) is 5.32 Å². The number of nitrogens with one attached hydrogen (secondary N) is 1. The Balaban J connectivity index is 3.35. The summed E-state index contributed by atoms with van der Waals surface area (Å²) in [5, 5.41) is 23.3. The van der Waals surface area contributed by atoms with Gasteiger partial charge in [0.15, 0.2) is 0 Å². The van der Waals surface area contributed by atoms with Gasteiger partial charge in [-0.15, -0.1) is 0 Å². The number of hydrogen-bond acceptors (Lipinski definition) is 5. The Labute approximate surface area is 456 Å². The predicted molar refractivity (Wildman–Crippen MR) is 320 cm³/mol. The van der Waals surface area contributed by atoms with Crippen LogP contribution in [0, 0.1) is 0 Å². The van der Waals surface area contributed by atoms with E-state index in [1.807, 2.05) is 0 Å². The summed E-state index contributed by atoms with van der Waals surface area (Å²) in [6.07, 6.45) is 77.9. The quantitative estimate of drug-likeness (QED) is 0.0320. The lowest BCUT2D eigenvalue weighted by Crippen LogP contribution is -2.45. The number of aliphatic hydroxyl groups is 2. The molecule has 73 heavy (non-hydrogen) atoms. The summed E-state index contributed by atoms with van der Waals surface area (Å²) in [5.41, 5.74) is 0. The summed E-state index contributed by atoms with van der Waals surface area (Å²) in [6.45, 7) is 4.95. The molecule has 1 amide bonds. The van der Waals surface area contributed by atoms with Gasteiger partial charge in [0, 0.05) is 12.8 Å². The van der Waals surface area contributed by atoms with Crippen LogP contribution in [-0.2, 0) is 14.3 Å². The molecule has 0 bridgehead atoms. The standard InChI is InChI=1S/C67H129NO5/c1-3-5-7-9-11-13-15-36-39-43-47-51-55-59-65(70)64(63-69)68-66(71)60-56-52-48-44-40-37-34-32-30-28-26-24-22-20-18-17-19-21-23-25-27-29-31-33-35-38-42-46-50-54-58-62-73-67(72)61-57-53-49-45-41-16-14-12-10-8-6-4-2/h12,14,19,21,64-65,69-70H,3-11,13,15-18,20,22-63H2,1-2H3,(H,68,71)/b14-12-,21-19-. The van der Waals surface area contributed by atoms with Gasteiger partial charge in [0.2, 0.25) is 5.91 Å². The maximum Gasteiger partial charge on any atom is 0.305 e. The van der Waals surface area contributed by atoms with Gasteiger partial charge >= 0.3 is 5.97 Å². The summed E-state index contributed by atoms with van der Waals surface area (Å²) >= 11 is 0. The fourth-order valence-corrected chi connectivity index (χ4v) is 10.4. The van der Waals surface area contributed by atoms with E-state index in [0.717, 1.165) is 44.9 Å². The van der Waals surface area contributed by atoms with Crippen molar-refractivity contribution in [2.24, 2.45) is 0 Å². The maximum atomic E-state index is 12.5. The molecule has 0 aliphatic heterocycles. The zero-order valence-electron chi connectivity index (χ0n) is 49.4. The molecular formula is C67H129NO5. The first kappa shape index (κ1) is 71.3. The minimum absolute atomic E-state index is 0.00783. The molecule has 0 aliphatic rings. The van der Waals surface area contributed by atoms with Crippen LogP contribution in [-0.4, -0.2) is 47.4 Å². The molecule has 0 rings (SSSR count). The molecule has 432 valence electrons. The molecule has 0 radical (unpaired) electrons. The molecule has 0 aromatic rings. The van der Waals surface area contributed by atoms with Crippen molar-refractivity contribution >= 4 is 11.9 Å². The summed E-state index contributed by atoms with van der Waals surface area (Å²) in [6, 6.07) is -0.539. The number of carbonyl (C=O) groups excluding carboxylic acids is 2. The fourth-order valence-electron chi connectivity index (χ4n) is 10.4. The number of unbranched alkanes of at least 4 members (excludes halogenated alkanes) is 47. The van der Waals surface area contributed by atoms with Gasteiger partial charge in [-0.3, -0.25) is 9.59 Å². The molecule has 2 unspecified atom stereocenters. The molecule has 0 saturated heterocycles. The minimum atomic E-state index is -0.661. The van der Waals surface area contributed by atoms with Gasteiger partial charge in [-0.1, -0.05) is 301 Å². The van der Waals surface area contributed by atoms with E-state index in [1.54, 1.807) is 0 Å². The molecule has 3 N–H and O–H groups in total. The third kappa shape index (κ3) is 59.4. The van der Waals surface area contributed by atoms with Crippen LogP contribution in [0.1, 0.15) is 367 Å². The first-order valence-corrected chi connectivity index (χ1v) is 33.1. The first-order valence-electron chi connectivity index (χ1n) is 33.1. The van der Waals surface area contributed by atoms with Gasteiger partial charge in [-0.05, 0) is 77.0 Å². The Hall–Kier alpha value is -1.66. The Morgan fingerprint density at radius 2 is 0.644 bits per heavy atom. The van der Waals surface area contributed by atoms with E-state index in [9.17, 15) is 19.8 Å². The van der Waals surface area contributed by atoms with E-state index in [-0.39, 0.29) is 18.5 Å². The average molecular weight is 1030 g/mol. The van der Waals surface area contributed by atoms with Crippen LogP contribution in [0.15, 0.2) is 24.3 Å². The lowest BCUT2D eigenvalue weighted by molar-refractivity contribution is -0.143. The normalized spacial score (nSPS) is 12.7. The van der Waals surface area contributed by atoms with Crippen molar-refractivity contribution in [3.8, 4) is 0 Å². The van der Waals surface area contributed by atoms with E-state index >= 15 is 0 Å². The monoisotopic (exact) mass is 1030 g/mol. The van der Waals surface area contributed by atoms with Crippen LogP contribution in [0.2, 0.25) is 0 Å². The molecule has 0 aromatic carbocycles. The number of carbonyl (C=O) groups is 2. The predicted octanol–water partition coefficient (Wildman–Crippen LogP) is 21.0. The van der Waals surface area contributed by atoms with Crippen molar-refractivity contribution in [2.75, 3.05) is 13.2 Å². The van der Waals surface area contributed by atoms with Gasteiger partial charge in [-0.25, -0.2) is 0 Å². The number of rotatable bonds is 62. The smallest absolute Gasteiger partial charge is 0.305 e. The van der Waals surface area contributed by atoms with Crippen LogP contribution >= 0.6 is 0 Å². The number of allylic oxidation sites excluding steroid dienone is 4. The van der Waals surface area contributed by atoms with E-state index in [2.05, 4.69) is 43.5 Å². The number of hydrogen-bond donors (Lipinski definition) is 3. The van der Waals surface area contributed by atoms with E-state index in [1.165, 1.54) is 289 Å². The van der Waals surface area contributed by atoms with Crippen molar-refractivity contribution in [1.29, 1.82) is 0 Å². The molecule has 6 heteroatoms. The molecule has 0 fully saturated rings. The summed E-state index contributed by atoms with van der Waals surface area (Å²) in [7, 11) is 0. The van der Waals surface area contributed by atoms with E-state index in [4.69, 9.17) is 4.74 Å². The molecule has 0 aliphatic carbocycles. The van der Waals surface area contributed by atoms with Gasteiger partial charge in [0.05, 0.1) is 25.4 Å². The highest BCUT2D eigenvalue weighted by molar-refractivity contribution is 5.76. The molecule has 2 atom stereocenters. The largest absolute Gasteiger partial charge is 0.466 e. The van der Waals surface area contributed by atoms with Gasteiger partial charge in [-0.2, -0.15) is 0 Å². The second kappa shape index (κ2) is 62.9. The highest BCUT2D eigenvalue weighted by atomic mass is 16.5. The SMILES string of the molecule is CCCCC/C=C\CCCCCCCC(=O)OCCCCCCCCCCCCCC/C=C\CCCCCCCCCCCCCCCCCC(=O)NC(CO)C(O)CCCCCCCCCCCCCCC. The fraction of sp³-hybridized carbons (Fsp3) is 0.910. The summed E-state index contributed by atoms with van der Waals surface area (Å²) in [5.74, 6) is -0.0234. The molecular weight excluding hydrogens is 899 g/mol. The number of aliphatic hydroxyl groups excluding tert-OH is 2. The van der Waals surface area contributed by atoms with Crippen LogP contribution in [0.5, 0.6) is 0 Å². The molecule has 0 aromatic heterocycles. The highest BCUT2D eigenvalue weighted by Gasteiger charge is 2.20. The average Bonchev–Trinajstić information content (AvgIpc) is 3.39. The van der Waals surface area contributed by atoms with Gasteiger partial charge in [0.25, 0.3) is 0 Å². The van der Waals surface area contributed by atoms with Crippen LogP contribution in [0.25, 0.3) is 0 Å². The van der Waals surface area contributed by atoms with Crippen LogP contribution < -0.4 is 5.32 Å². The van der Waals surface area contributed by atoms with Crippen molar-refractivity contribution in [3.63, 3.8) is 0 Å². The highest BCUT2D eigenvalue weighted by Crippen LogP contribution is 2.18. The maximum absolute atomic E-state index is 12.5. The van der Waals surface area contributed by atoms with Gasteiger partial charge < -0.3 is 20.3 Å². The number of esters is 1. The Kier molecular flexibility index (Phi) is 61.4. The minimum Gasteiger partial charge on any atom is -0.466 e. The summed E-state index contributed by atoms with van der Waals surface area (Å²) in [4.78, 5) is 24.5. The molecule has 0 spiro atoms. The first-order chi connectivity index (χ1) is 36.0. The lowest BCUT2D eigenvalue weighted by Gasteiger charge is -2.22.